The van der Waals surface area contributed by atoms with E-state index in [4.69, 9.17) is 28.4 Å². The lowest BCUT2D eigenvalue weighted by atomic mass is 9.96. The maximum Gasteiger partial charge on any atom is 0.220 e. The third-order valence-corrected chi connectivity index (χ3v) is 20.3. The molecule has 0 aromatic rings. The van der Waals surface area contributed by atoms with Crippen LogP contribution in [0.15, 0.2) is 122 Å². The van der Waals surface area contributed by atoms with Crippen LogP contribution < -0.4 is 5.32 Å². The van der Waals surface area contributed by atoms with Crippen molar-refractivity contribution in [3.05, 3.63) is 122 Å². The van der Waals surface area contributed by atoms with Gasteiger partial charge in [-0.15, -0.1) is 0 Å². The van der Waals surface area contributed by atoms with Gasteiger partial charge in [-0.1, -0.05) is 322 Å². The van der Waals surface area contributed by atoms with Crippen molar-refractivity contribution >= 4 is 5.91 Å². The number of carbonyl (C=O) groups excluding carboxylic acids is 1. The lowest BCUT2D eigenvalue weighted by molar-refractivity contribution is -0.379. The maximum absolute atomic E-state index is 13.5. The van der Waals surface area contributed by atoms with E-state index in [2.05, 4.69) is 141 Å². The Bertz CT molecular complexity index is 2410. The van der Waals surface area contributed by atoms with Crippen LogP contribution in [0, 0.1) is 0 Å². The molecule has 3 saturated heterocycles. The maximum atomic E-state index is 13.5. The van der Waals surface area contributed by atoms with Crippen LogP contribution in [0.5, 0.6) is 0 Å². The summed E-state index contributed by atoms with van der Waals surface area (Å²) >= 11 is 0. The van der Waals surface area contributed by atoms with Crippen LogP contribution in [0.4, 0.5) is 0 Å². The third kappa shape index (κ3) is 46.1. The fourth-order valence-corrected chi connectivity index (χ4v) is 13.6. The van der Waals surface area contributed by atoms with Crippen LogP contribution in [0.3, 0.4) is 0 Å². The molecule has 12 N–H and O–H groups in total. The number of ether oxygens (including phenoxy) is 6. The number of amides is 1. The molecule has 616 valence electrons. The Hall–Kier alpha value is -3.81. The van der Waals surface area contributed by atoms with Crippen LogP contribution in [0.25, 0.3) is 0 Å². The Morgan fingerprint density at radius 1 is 0.346 bits per heavy atom. The lowest BCUT2D eigenvalue weighted by Crippen LogP contribution is -2.66. The summed E-state index contributed by atoms with van der Waals surface area (Å²) in [4.78, 5) is 13.5. The molecule has 0 aliphatic carbocycles. The zero-order valence-electron chi connectivity index (χ0n) is 66.1. The summed E-state index contributed by atoms with van der Waals surface area (Å²) in [6.45, 7) is 1.69. The van der Waals surface area contributed by atoms with Gasteiger partial charge in [-0.25, -0.2) is 0 Å². The van der Waals surface area contributed by atoms with E-state index >= 15 is 0 Å². The molecule has 3 fully saturated rings. The number of hydrogen-bond acceptors (Lipinski definition) is 18. The summed E-state index contributed by atoms with van der Waals surface area (Å²) in [6, 6.07) is -0.913. The van der Waals surface area contributed by atoms with Gasteiger partial charge in [-0.05, 0) is 89.9 Å². The minimum absolute atomic E-state index is 0.229. The molecule has 3 aliphatic heterocycles. The van der Waals surface area contributed by atoms with E-state index < -0.39 is 124 Å². The average molecular weight is 1510 g/mol. The van der Waals surface area contributed by atoms with Crippen molar-refractivity contribution in [1.82, 2.24) is 5.32 Å². The SMILES string of the molecule is CC/C=C\C/C=C\C/C=C\C/C=C\C/C=C\C/C=C\C/C=C\C/C=C\C/C=C\C/C=C\CCCCCCC(=O)NC(COC1OC(CO)C(OC2OC(CO)C(OC3OC(CO)C(O)C(O)C3O)C(O)C2O)C(O)C1O)C(O)CCCCCCCCCCCCCCCCCCCCCCCCCCCCC. The number of aliphatic hydroxyl groups is 11. The summed E-state index contributed by atoms with van der Waals surface area (Å²) in [5.74, 6) is -0.269. The van der Waals surface area contributed by atoms with Crippen LogP contribution in [-0.4, -0.2) is 193 Å². The Labute approximate surface area is 646 Å². The van der Waals surface area contributed by atoms with Crippen LogP contribution in [0.1, 0.15) is 296 Å². The molecule has 107 heavy (non-hydrogen) atoms. The number of nitrogens with one attached hydrogen (secondary N) is 1. The fraction of sp³-hybridized carbons (Fsp3) is 0.761. The van der Waals surface area contributed by atoms with E-state index in [1.54, 1.807) is 0 Å². The van der Waals surface area contributed by atoms with E-state index in [1.165, 1.54) is 148 Å². The number of rotatable bonds is 66. The third-order valence-electron chi connectivity index (χ3n) is 20.3. The molecule has 0 saturated carbocycles. The second kappa shape index (κ2) is 66.8. The average Bonchev–Trinajstić information content (AvgIpc) is 0.781. The first-order valence-electron chi connectivity index (χ1n) is 42.3. The number of carbonyl (C=O) groups is 1. The van der Waals surface area contributed by atoms with Gasteiger partial charge in [0.1, 0.15) is 73.2 Å². The lowest BCUT2D eigenvalue weighted by Gasteiger charge is -2.48. The quantitative estimate of drug-likeness (QED) is 0.0199. The van der Waals surface area contributed by atoms with Crippen molar-refractivity contribution in [1.29, 1.82) is 0 Å². The highest BCUT2D eigenvalue weighted by Crippen LogP contribution is 2.33. The number of unbranched alkanes of at least 4 members (excludes halogenated alkanes) is 30. The molecule has 0 aromatic carbocycles. The largest absolute Gasteiger partial charge is 0.394 e. The van der Waals surface area contributed by atoms with Gasteiger partial charge in [0.15, 0.2) is 18.9 Å². The normalized spacial score (nSPS) is 26.2. The Kier molecular flexibility index (Phi) is 60.8. The first kappa shape index (κ1) is 97.4. The molecule has 17 atom stereocenters. The van der Waals surface area contributed by atoms with Crippen molar-refractivity contribution in [2.75, 3.05) is 26.4 Å². The molecule has 19 nitrogen and oxygen atoms in total. The second-order valence-electron chi connectivity index (χ2n) is 29.6. The zero-order chi connectivity index (χ0) is 77.4. The first-order valence-corrected chi connectivity index (χ1v) is 42.3. The Morgan fingerprint density at radius 3 is 1.01 bits per heavy atom. The predicted molar refractivity (Wildman–Crippen MR) is 429 cm³/mol. The molecular formula is C88H151NO18. The summed E-state index contributed by atoms with van der Waals surface area (Å²) in [5.41, 5.74) is 0. The highest BCUT2D eigenvalue weighted by Gasteiger charge is 2.54. The van der Waals surface area contributed by atoms with Gasteiger partial charge in [0.05, 0.1) is 38.6 Å². The van der Waals surface area contributed by atoms with E-state index in [-0.39, 0.29) is 18.9 Å². The summed E-state index contributed by atoms with van der Waals surface area (Å²) in [6.07, 6.45) is 67.1. The highest BCUT2D eigenvalue weighted by atomic mass is 16.8. The summed E-state index contributed by atoms with van der Waals surface area (Å²) in [5, 5.41) is 121. The van der Waals surface area contributed by atoms with Gasteiger partial charge in [0.2, 0.25) is 5.91 Å². The van der Waals surface area contributed by atoms with Gasteiger partial charge in [-0.2, -0.15) is 0 Å². The molecule has 17 unspecified atom stereocenters. The molecule has 1 amide bonds. The molecule has 3 aliphatic rings. The van der Waals surface area contributed by atoms with Gasteiger partial charge >= 0.3 is 0 Å². The smallest absolute Gasteiger partial charge is 0.220 e. The molecule has 0 bridgehead atoms. The van der Waals surface area contributed by atoms with Crippen molar-refractivity contribution in [2.45, 2.75) is 401 Å². The van der Waals surface area contributed by atoms with Crippen molar-refractivity contribution < 1.29 is 89.4 Å². The van der Waals surface area contributed by atoms with Gasteiger partial charge in [-0.3, -0.25) is 4.79 Å². The molecule has 19 heteroatoms. The number of allylic oxidation sites excluding steroid dienone is 20. The fourth-order valence-electron chi connectivity index (χ4n) is 13.6. The number of aliphatic hydroxyl groups excluding tert-OH is 11. The monoisotopic (exact) mass is 1510 g/mol. The molecule has 0 radical (unpaired) electrons. The minimum Gasteiger partial charge on any atom is -0.394 e. The molecular weight excluding hydrogens is 1360 g/mol. The standard InChI is InChI=1S/C88H151NO18/c1-3-5-7-9-11-13-15-17-19-21-23-25-27-29-31-32-33-34-35-36-37-38-40-42-44-46-48-50-52-54-56-58-60-62-64-66-76(94)89-71(72(93)65-63-61-59-57-55-53-51-49-47-45-43-41-39-30-28-26-24-22-20-18-16-14-12-10-8-6-4-2)70-102-86-82(100)79(97)84(74(68-91)104-86)107-88-83(101)80(98)85(75(69-92)105-88)106-87-81(99)78(96)77(95)73(67-90)103-87/h5,7,11,13,17,19,23,25,29,31,33-34,36-37,40,42,46,48,52,54,71-75,77-88,90-93,95-101H,3-4,6,8-10,12,14-16,18,20-22,24,26-28,30,32,35,38-39,41,43-45,47,49-51,53,55-70H2,1-2H3,(H,89,94)/b7-5-,13-11-,19-17-,25-23-,31-29-,34-33-,37-36-,42-40-,48-46-,54-52-. The molecule has 0 spiro atoms. The topological polar surface area (TPSA) is 307 Å². The van der Waals surface area contributed by atoms with Gasteiger partial charge in [0, 0.05) is 6.42 Å². The van der Waals surface area contributed by atoms with Gasteiger partial charge < -0.3 is 89.9 Å². The molecule has 3 heterocycles. The zero-order valence-corrected chi connectivity index (χ0v) is 66.1. The van der Waals surface area contributed by atoms with Crippen molar-refractivity contribution in [2.24, 2.45) is 0 Å². The van der Waals surface area contributed by atoms with E-state index in [0.29, 0.717) is 12.8 Å². The van der Waals surface area contributed by atoms with Crippen LogP contribution >= 0.6 is 0 Å². The Balaban J connectivity index is 1.37. The minimum atomic E-state index is -1.98. The van der Waals surface area contributed by atoms with E-state index in [9.17, 15) is 61.0 Å². The van der Waals surface area contributed by atoms with Crippen LogP contribution in [-0.2, 0) is 33.2 Å². The highest BCUT2D eigenvalue weighted by molar-refractivity contribution is 5.76. The molecule has 3 rings (SSSR count). The molecule has 0 aromatic heterocycles. The predicted octanol–water partition coefficient (Wildman–Crippen LogP) is 15.1. The summed E-state index contributed by atoms with van der Waals surface area (Å²) in [7, 11) is 0. The van der Waals surface area contributed by atoms with Crippen molar-refractivity contribution in [3.8, 4) is 0 Å². The summed E-state index contributed by atoms with van der Waals surface area (Å²) < 4.78 is 34.5. The van der Waals surface area contributed by atoms with Crippen LogP contribution in [0.2, 0.25) is 0 Å². The second-order valence-corrected chi connectivity index (χ2v) is 29.6. The van der Waals surface area contributed by atoms with E-state index in [1.807, 2.05) is 0 Å². The van der Waals surface area contributed by atoms with E-state index in [0.717, 1.165) is 116 Å². The van der Waals surface area contributed by atoms with Crippen molar-refractivity contribution in [3.63, 3.8) is 0 Å². The Morgan fingerprint density at radius 2 is 0.645 bits per heavy atom. The van der Waals surface area contributed by atoms with Gasteiger partial charge in [0.25, 0.3) is 0 Å². The number of hydrogen-bond donors (Lipinski definition) is 12. The first-order chi connectivity index (χ1) is 52.3.